The van der Waals surface area contributed by atoms with Gasteiger partial charge in [0, 0.05) is 34.1 Å². The zero-order valence-corrected chi connectivity index (χ0v) is 22.4. The van der Waals surface area contributed by atoms with Crippen molar-refractivity contribution in [2.24, 2.45) is 0 Å². The lowest BCUT2D eigenvalue weighted by molar-refractivity contribution is 0.0636. The Morgan fingerprint density at radius 3 is 2.81 bits per heavy atom. The summed E-state index contributed by atoms with van der Waals surface area (Å²) in [5.41, 5.74) is 0.195. The second-order valence-corrected chi connectivity index (χ2v) is 12.7. The van der Waals surface area contributed by atoms with Gasteiger partial charge in [0.25, 0.3) is 0 Å². The molecule has 4 rings (SSSR count). The van der Waals surface area contributed by atoms with Crippen LogP contribution in [0.25, 0.3) is 0 Å². The first-order valence-electron chi connectivity index (χ1n) is 10.8. The smallest absolute Gasteiger partial charge is 0.335 e. The maximum absolute atomic E-state index is 13.4. The van der Waals surface area contributed by atoms with Crippen LogP contribution in [0.1, 0.15) is 33.0 Å². The van der Waals surface area contributed by atoms with Crippen LogP contribution in [-0.2, 0) is 25.3 Å². The van der Waals surface area contributed by atoms with E-state index in [0.29, 0.717) is 19.7 Å². The van der Waals surface area contributed by atoms with Crippen LogP contribution in [0.4, 0.5) is 5.82 Å². The van der Waals surface area contributed by atoms with E-state index >= 15 is 0 Å². The number of hydrogen-bond acceptors (Lipinski definition) is 10. The minimum Gasteiger partial charge on any atom is -0.390 e. The fourth-order valence-electron chi connectivity index (χ4n) is 3.82. The van der Waals surface area contributed by atoms with E-state index in [1.165, 1.54) is 30.9 Å². The van der Waals surface area contributed by atoms with Gasteiger partial charge in [-0.1, -0.05) is 17.7 Å². The third-order valence-corrected chi connectivity index (χ3v) is 9.50. The third-order valence-electron chi connectivity index (χ3n) is 5.58. The van der Waals surface area contributed by atoms with Gasteiger partial charge in [-0.2, -0.15) is 13.1 Å². The van der Waals surface area contributed by atoms with E-state index in [1.54, 1.807) is 37.3 Å². The Morgan fingerprint density at radius 2 is 2.08 bits per heavy atom. The predicted octanol–water partition coefficient (Wildman–Crippen LogP) is 2.68. The van der Waals surface area contributed by atoms with Crippen molar-refractivity contribution in [3.05, 3.63) is 63.2 Å². The molecule has 0 saturated heterocycles. The second-order valence-electron chi connectivity index (χ2n) is 8.04. The summed E-state index contributed by atoms with van der Waals surface area (Å²) in [6.45, 7) is 1.79. The van der Waals surface area contributed by atoms with Crippen LogP contribution in [-0.4, -0.2) is 58.8 Å². The number of hydrogen-bond donors (Lipinski definition) is 3. The number of benzene rings is 1. The highest BCUT2D eigenvalue weighted by atomic mass is 35.5. The Hall–Kier alpha value is -2.26. The molecule has 36 heavy (non-hydrogen) atoms. The summed E-state index contributed by atoms with van der Waals surface area (Å²) in [5.74, 6) is -0.113. The number of aryl methyl sites for hydroxylation is 1. The van der Waals surface area contributed by atoms with Crippen LogP contribution in [0, 0.1) is 6.92 Å². The molecular weight excluding hydrogens is 548 g/mol. The van der Waals surface area contributed by atoms with Crippen LogP contribution in [0.3, 0.4) is 0 Å². The predicted molar refractivity (Wildman–Crippen MR) is 136 cm³/mol. The molecule has 0 bridgehead atoms. The first kappa shape index (κ1) is 26.8. The fraction of sp³-hybridized carbons (Fsp3) is 0.318. The highest BCUT2D eigenvalue weighted by Crippen LogP contribution is 2.32. The summed E-state index contributed by atoms with van der Waals surface area (Å²) in [6.07, 6.45) is 1.08. The molecule has 2 aromatic heterocycles. The van der Waals surface area contributed by atoms with Gasteiger partial charge in [-0.25, -0.2) is 14.2 Å². The van der Waals surface area contributed by atoms with Crippen molar-refractivity contribution in [3.63, 3.8) is 0 Å². The summed E-state index contributed by atoms with van der Waals surface area (Å²) in [6, 6.07) is 7.95. The first-order valence-corrected chi connectivity index (χ1v) is 14.5. The molecule has 0 amide bonds. The second kappa shape index (κ2) is 11.0. The Labute approximate surface area is 219 Å². The molecule has 0 radical (unpaired) electrons. The van der Waals surface area contributed by atoms with Crippen LogP contribution >= 0.6 is 22.9 Å². The Kier molecular flexibility index (Phi) is 8.19. The van der Waals surface area contributed by atoms with Gasteiger partial charge in [0.15, 0.2) is 0 Å². The maximum atomic E-state index is 13.4. The number of aliphatic hydroxyl groups excluding tert-OH is 1. The number of nitrogens with zero attached hydrogens (tertiary/aromatic N) is 2. The van der Waals surface area contributed by atoms with E-state index in [2.05, 4.69) is 15.3 Å². The molecule has 1 saturated carbocycles. The lowest BCUT2D eigenvalue weighted by Crippen LogP contribution is -2.31. The van der Waals surface area contributed by atoms with Crippen LogP contribution in [0.5, 0.6) is 0 Å². The number of carbonyl (C=O) groups is 1. The van der Waals surface area contributed by atoms with E-state index in [1.807, 2.05) is 4.72 Å². The van der Waals surface area contributed by atoms with Gasteiger partial charge in [0.1, 0.15) is 18.2 Å². The van der Waals surface area contributed by atoms with Crippen molar-refractivity contribution < 1.29 is 26.7 Å². The molecule has 1 aliphatic rings. The number of aliphatic hydroxyl groups is 1. The topological polar surface area (TPSA) is 148 Å². The quantitative estimate of drug-likeness (QED) is 0.330. The maximum Gasteiger partial charge on any atom is 0.335 e. The Bertz CT molecular complexity index is 1410. The number of ketones is 1. The van der Waals surface area contributed by atoms with E-state index in [9.17, 15) is 22.5 Å². The van der Waals surface area contributed by atoms with Crippen molar-refractivity contribution in [3.8, 4) is 0 Å². The summed E-state index contributed by atoms with van der Waals surface area (Å²) < 4.78 is 43.5. The molecule has 1 aliphatic carbocycles. The number of anilines is 1. The van der Waals surface area contributed by atoms with Crippen molar-refractivity contribution in [2.75, 3.05) is 12.4 Å². The monoisotopic (exact) mass is 570 g/mol. The Morgan fingerprint density at radius 1 is 1.31 bits per heavy atom. The van der Waals surface area contributed by atoms with Crippen LogP contribution < -0.4 is 10.0 Å². The fourth-order valence-corrected chi connectivity index (χ4v) is 7.17. The standard InChI is InChI=1S/C22H23ClN4O6S3/c1-12-20(35(30)15-5-3-4-13(23)6-15)9-19(34-12)21(29)16-10-25-11-26-22(16)27-14-7-17(28)18(8-14)33-36(31,32)24-2/h3-6,9-11,14,17-18,24,28H,7-8H2,1-2H3,(H,25,26,27)/t14-,17+,18-,35+/m1/s1. The van der Waals surface area contributed by atoms with Crippen molar-refractivity contribution in [1.29, 1.82) is 0 Å². The molecular formula is C22H23ClN4O6S3. The number of carbonyl (C=O) groups excluding carboxylic acids is 1. The number of rotatable bonds is 9. The third kappa shape index (κ3) is 5.99. The normalized spacial score (nSPS) is 20.8. The van der Waals surface area contributed by atoms with Crippen LogP contribution in [0.15, 0.2) is 52.6 Å². The van der Waals surface area contributed by atoms with Gasteiger partial charge in [-0.3, -0.25) is 8.98 Å². The Balaban J connectivity index is 1.54. The summed E-state index contributed by atoms with van der Waals surface area (Å²) in [7, 11) is -4.27. The molecule has 0 unspecified atom stereocenters. The number of nitrogens with one attached hydrogen (secondary N) is 2. The molecule has 1 fully saturated rings. The molecule has 1 aromatic carbocycles. The zero-order chi connectivity index (χ0) is 26.0. The van der Waals surface area contributed by atoms with Crippen molar-refractivity contribution >= 4 is 55.6 Å². The van der Waals surface area contributed by atoms with Gasteiger partial charge in [0.2, 0.25) is 5.78 Å². The first-order chi connectivity index (χ1) is 17.1. The highest BCUT2D eigenvalue weighted by molar-refractivity contribution is 7.85. The van der Waals surface area contributed by atoms with Gasteiger partial charge < -0.3 is 10.4 Å². The average molecular weight is 571 g/mol. The molecule has 4 atom stereocenters. The van der Waals surface area contributed by atoms with E-state index < -0.39 is 39.4 Å². The summed E-state index contributed by atoms with van der Waals surface area (Å²) in [5, 5.41) is 13.8. The number of thiophene rings is 1. The van der Waals surface area contributed by atoms with Gasteiger partial charge in [0.05, 0.1) is 32.2 Å². The van der Waals surface area contributed by atoms with Crippen molar-refractivity contribution in [1.82, 2.24) is 14.7 Å². The molecule has 0 spiro atoms. The summed E-state index contributed by atoms with van der Waals surface area (Å²) >= 11 is 7.25. The van der Waals surface area contributed by atoms with Gasteiger partial charge >= 0.3 is 10.3 Å². The van der Waals surface area contributed by atoms with Gasteiger partial charge in [-0.05, 0) is 44.0 Å². The number of halogens is 1. The SMILES string of the molecule is CNS(=O)(=O)O[C@@H]1C[C@H](Nc2ncncc2C(=O)c2cc([S@@](=O)c3cccc(Cl)c3)c(C)s2)C[C@@H]1O. The molecule has 3 aromatic rings. The molecule has 3 N–H and O–H groups in total. The molecule has 10 nitrogen and oxygen atoms in total. The highest BCUT2D eigenvalue weighted by Gasteiger charge is 2.37. The van der Waals surface area contributed by atoms with E-state index in [0.717, 1.165) is 4.88 Å². The van der Waals surface area contributed by atoms with Gasteiger partial charge in [-0.15, -0.1) is 11.3 Å². The summed E-state index contributed by atoms with van der Waals surface area (Å²) in [4.78, 5) is 23.7. The molecule has 192 valence electrons. The number of aromatic nitrogens is 2. The van der Waals surface area contributed by atoms with Crippen molar-refractivity contribution in [2.45, 2.75) is 47.8 Å². The molecule has 14 heteroatoms. The lowest BCUT2D eigenvalue weighted by atomic mass is 10.1. The average Bonchev–Trinajstić information content (AvgIpc) is 3.40. The molecule has 2 heterocycles. The zero-order valence-electron chi connectivity index (χ0n) is 19.2. The largest absolute Gasteiger partial charge is 0.390 e. The van der Waals surface area contributed by atoms with E-state index in [-0.39, 0.29) is 30.0 Å². The minimum atomic E-state index is -3.97. The van der Waals surface area contributed by atoms with Crippen LogP contribution in [0.2, 0.25) is 5.02 Å². The lowest BCUT2D eigenvalue weighted by Gasteiger charge is -2.15. The van der Waals surface area contributed by atoms with E-state index in [4.69, 9.17) is 15.8 Å². The molecule has 0 aliphatic heterocycles. The minimum absolute atomic E-state index is 0.181.